The largest absolute Gasteiger partial charge is 0.468 e. The number of carbonyl (C=O) groups is 1. The molecule has 0 aromatic rings. The van der Waals surface area contributed by atoms with Gasteiger partial charge in [0, 0.05) is 0 Å². The minimum atomic E-state index is -0.901. The third-order valence-electron chi connectivity index (χ3n) is 1.64. The molecule has 0 aromatic carbocycles. The summed E-state index contributed by atoms with van der Waals surface area (Å²) in [4.78, 5) is 21.5. The number of ether oxygens (including phenoxy) is 1. The number of rotatable bonds is 4. The van der Waals surface area contributed by atoms with Crippen LogP contribution < -0.4 is 0 Å². The van der Waals surface area contributed by atoms with E-state index in [4.69, 9.17) is 0 Å². The Hall–Kier alpha value is -1.33. The molecule has 0 heterocycles. The van der Waals surface area contributed by atoms with Crippen molar-refractivity contribution in [3.05, 3.63) is 10.1 Å². The van der Waals surface area contributed by atoms with Gasteiger partial charge in [0.25, 0.3) is 0 Å². The lowest BCUT2D eigenvalue weighted by Crippen LogP contribution is -2.42. The Morgan fingerprint density at radius 2 is 2.15 bits per heavy atom. The SMILES string of the molecule is CCOC(=O)N([C@@H](C)CC)[N+](=O)[O-]. The van der Waals surface area contributed by atoms with Crippen molar-refractivity contribution in [2.75, 3.05) is 6.61 Å². The predicted octanol–water partition coefficient (Wildman–Crippen LogP) is 1.44. The molecule has 0 unspecified atom stereocenters. The van der Waals surface area contributed by atoms with E-state index in [1.807, 2.05) is 0 Å². The summed E-state index contributed by atoms with van der Waals surface area (Å²) in [7, 11) is 0. The number of carbonyl (C=O) groups excluding carboxylic acids is 1. The zero-order valence-corrected chi connectivity index (χ0v) is 8.02. The number of hydrogen-bond acceptors (Lipinski definition) is 4. The average Bonchev–Trinajstić information content (AvgIpc) is 2.04. The van der Waals surface area contributed by atoms with Crippen LogP contribution in [0.5, 0.6) is 0 Å². The van der Waals surface area contributed by atoms with Crippen LogP contribution in [0.1, 0.15) is 27.2 Å². The van der Waals surface area contributed by atoms with E-state index in [1.165, 1.54) is 0 Å². The first kappa shape index (κ1) is 11.7. The molecule has 6 nitrogen and oxygen atoms in total. The van der Waals surface area contributed by atoms with Crippen molar-refractivity contribution in [2.45, 2.75) is 33.2 Å². The summed E-state index contributed by atoms with van der Waals surface area (Å²) >= 11 is 0. The Kier molecular flexibility index (Phi) is 4.79. The molecule has 0 N–H and O–H groups in total. The second kappa shape index (κ2) is 5.34. The molecule has 1 atom stereocenters. The van der Waals surface area contributed by atoms with E-state index in [9.17, 15) is 14.9 Å². The van der Waals surface area contributed by atoms with Gasteiger partial charge in [0.05, 0.1) is 12.6 Å². The van der Waals surface area contributed by atoms with E-state index < -0.39 is 17.2 Å². The minimum Gasteiger partial charge on any atom is -0.446 e. The van der Waals surface area contributed by atoms with Gasteiger partial charge < -0.3 is 4.74 Å². The zero-order valence-electron chi connectivity index (χ0n) is 8.02. The van der Waals surface area contributed by atoms with Crippen LogP contribution in [0.3, 0.4) is 0 Å². The van der Waals surface area contributed by atoms with Gasteiger partial charge in [-0.3, -0.25) is 0 Å². The Labute approximate surface area is 76.6 Å². The monoisotopic (exact) mass is 190 g/mol. The Bertz CT molecular complexity index is 195. The summed E-state index contributed by atoms with van der Waals surface area (Å²) in [5.41, 5.74) is 0. The zero-order chi connectivity index (χ0) is 10.4. The van der Waals surface area contributed by atoms with Crippen LogP contribution in [0.4, 0.5) is 4.79 Å². The van der Waals surface area contributed by atoms with Gasteiger partial charge in [-0.05, 0) is 25.3 Å². The van der Waals surface area contributed by atoms with Gasteiger partial charge in [-0.25, -0.2) is 14.9 Å². The lowest BCUT2D eigenvalue weighted by Gasteiger charge is -2.16. The van der Waals surface area contributed by atoms with Crippen LogP contribution in [0.2, 0.25) is 0 Å². The van der Waals surface area contributed by atoms with Gasteiger partial charge in [0.15, 0.2) is 5.03 Å². The van der Waals surface area contributed by atoms with Gasteiger partial charge in [0.2, 0.25) is 0 Å². The lowest BCUT2D eigenvalue weighted by molar-refractivity contribution is -0.643. The van der Waals surface area contributed by atoms with Crippen LogP contribution in [0, 0.1) is 10.1 Å². The predicted molar refractivity (Wildman–Crippen MR) is 45.6 cm³/mol. The lowest BCUT2D eigenvalue weighted by atomic mass is 10.2. The summed E-state index contributed by atoms with van der Waals surface area (Å²) in [5, 5.41) is 10.2. The average molecular weight is 190 g/mol. The standard InChI is InChI=1S/C7H14N2O4/c1-4-6(3)8(9(11)12)7(10)13-5-2/h6H,4-5H2,1-3H3/t6-/m0/s1. The summed E-state index contributed by atoms with van der Waals surface area (Å²) in [6.45, 7) is 5.10. The molecule has 1 amide bonds. The first-order valence-corrected chi connectivity index (χ1v) is 4.14. The van der Waals surface area contributed by atoms with Crippen LogP contribution in [0.25, 0.3) is 0 Å². The summed E-state index contributed by atoms with van der Waals surface area (Å²) in [6, 6.07) is -0.450. The molecule has 76 valence electrons. The second-order valence-corrected chi connectivity index (χ2v) is 2.54. The fourth-order valence-electron chi connectivity index (χ4n) is 0.770. The molecule has 0 aromatic heterocycles. The number of nitro groups is 1. The van der Waals surface area contributed by atoms with E-state index in [-0.39, 0.29) is 6.61 Å². The van der Waals surface area contributed by atoms with Crippen molar-refractivity contribution in [2.24, 2.45) is 0 Å². The van der Waals surface area contributed by atoms with E-state index in [1.54, 1.807) is 20.8 Å². The topological polar surface area (TPSA) is 72.7 Å². The molecule has 13 heavy (non-hydrogen) atoms. The molecule has 0 aliphatic rings. The maximum Gasteiger partial charge on any atom is 0.468 e. The van der Waals surface area contributed by atoms with Crippen molar-refractivity contribution in [1.29, 1.82) is 0 Å². The van der Waals surface area contributed by atoms with Gasteiger partial charge in [0.1, 0.15) is 0 Å². The Morgan fingerprint density at radius 3 is 2.46 bits per heavy atom. The van der Waals surface area contributed by atoms with Gasteiger partial charge >= 0.3 is 6.09 Å². The highest BCUT2D eigenvalue weighted by atomic mass is 16.7. The normalized spacial score (nSPS) is 11.9. The molecule has 0 rings (SSSR count). The highest BCUT2D eigenvalue weighted by Crippen LogP contribution is 2.05. The Morgan fingerprint density at radius 1 is 1.62 bits per heavy atom. The van der Waals surface area contributed by atoms with Gasteiger partial charge in [-0.2, -0.15) is 0 Å². The van der Waals surface area contributed by atoms with Gasteiger partial charge in [-0.15, -0.1) is 0 Å². The molecular formula is C7H14N2O4. The molecule has 0 fully saturated rings. The third kappa shape index (κ3) is 3.27. The van der Waals surface area contributed by atoms with Crippen molar-refractivity contribution < 1.29 is 14.6 Å². The van der Waals surface area contributed by atoms with E-state index >= 15 is 0 Å². The molecule has 0 aliphatic carbocycles. The summed E-state index contributed by atoms with van der Waals surface area (Å²) < 4.78 is 4.53. The number of nitrogens with zero attached hydrogens (tertiary/aromatic N) is 2. The molecular weight excluding hydrogens is 176 g/mol. The van der Waals surface area contributed by atoms with Crippen LogP contribution in [-0.2, 0) is 4.74 Å². The van der Waals surface area contributed by atoms with Crippen LogP contribution in [-0.4, -0.2) is 28.8 Å². The molecule has 0 saturated heterocycles. The van der Waals surface area contributed by atoms with Gasteiger partial charge in [-0.1, -0.05) is 6.92 Å². The van der Waals surface area contributed by atoms with Crippen LogP contribution >= 0.6 is 0 Å². The maximum absolute atomic E-state index is 11.0. The van der Waals surface area contributed by atoms with E-state index in [0.29, 0.717) is 11.4 Å². The summed E-state index contributed by atoms with van der Waals surface area (Å²) in [5.74, 6) is 0. The number of hydrazine groups is 1. The highest BCUT2D eigenvalue weighted by Gasteiger charge is 2.30. The minimum absolute atomic E-state index is 0.138. The number of hydrogen-bond donors (Lipinski definition) is 0. The molecule has 0 bridgehead atoms. The third-order valence-corrected chi connectivity index (χ3v) is 1.64. The highest BCUT2D eigenvalue weighted by molar-refractivity contribution is 5.66. The van der Waals surface area contributed by atoms with E-state index in [2.05, 4.69) is 4.74 Å². The molecule has 0 aliphatic heterocycles. The van der Waals surface area contributed by atoms with Crippen molar-refractivity contribution in [3.63, 3.8) is 0 Å². The van der Waals surface area contributed by atoms with Crippen molar-refractivity contribution in [1.82, 2.24) is 5.01 Å². The first-order chi connectivity index (χ1) is 6.04. The fraction of sp³-hybridized carbons (Fsp3) is 0.857. The number of amides is 1. The van der Waals surface area contributed by atoms with Crippen molar-refractivity contribution in [3.8, 4) is 0 Å². The molecule has 0 spiro atoms. The fourth-order valence-corrected chi connectivity index (χ4v) is 0.770. The van der Waals surface area contributed by atoms with E-state index in [0.717, 1.165) is 0 Å². The van der Waals surface area contributed by atoms with Crippen LogP contribution in [0.15, 0.2) is 0 Å². The Balaban J connectivity index is 4.41. The molecule has 6 heteroatoms. The second-order valence-electron chi connectivity index (χ2n) is 2.54. The summed E-state index contributed by atoms with van der Waals surface area (Å²) in [6.07, 6.45) is -0.387. The molecule has 0 saturated carbocycles. The first-order valence-electron chi connectivity index (χ1n) is 4.14. The quantitative estimate of drug-likeness (QED) is 0.496. The smallest absolute Gasteiger partial charge is 0.446 e. The molecule has 0 radical (unpaired) electrons. The van der Waals surface area contributed by atoms with Crippen molar-refractivity contribution >= 4 is 6.09 Å². The maximum atomic E-state index is 11.0.